The third-order valence-electron chi connectivity index (χ3n) is 2.47. The summed E-state index contributed by atoms with van der Waals surface area (Å²) in [5, 5.41) is 4.76. The fourth-order valence-corrected chi connectivity index (χ4v) is 2.27. The number of hydrogen-bond donors (Lipinski definition) is 1. The molecule has 0 unspecified atom stereocenters. The quantitative estimate of drug-likeness (QED) is 0.856. The predicted molar refractivity (Wildman–Crippen MR) is 73.8 cm³/mol. The summed E-state index contributed by atoms with van der Waals surface area (Å²) in [5.74, 6) is -0.436. The van der Waals surface area contributed by atoms with E-state index in [1.54, 1.807) is 25.3 Å². The van der Waals surface area contributed by atoms with Crippen molar-refractivity contribution in [3.05, 3.63) is 34.7 Å². The van der Waals surface area contributed by atoms with Crippen LogP contribution in [0.2, 0.25) is 0 Å². The summed E-state index contributed by atoms with van der Waals surface area (Å²) < 4.78 is 9.93. The lowest BCUT2D eigenvalue weighted by Gasteiger charge is -2.00. The van der Waals surface area contributed by atoms with Gasteiger partial charge in [0.05, 0.1) is 25.0 Å². The number of aromatic nitrogens is 1. The molecule has 106 valence electrons. The molecule has 0 atom stereocenters. The van der Waals surface area contributed by atoms with E-state index in [-0.39, 0.29) is 24.1 Å². The minimum Gasteiger partial charge on any atom is -0.466 e. The Hall–Kier alpha value is -2.15. The van der Waals surface area contributed by atoms with Crippen LogP contribution in [0.4, 0.5) is 5.13 Å². The average molecular weight is 294 g/mol. The van der Waals surface area contributed by atoms with E-state index < -0.39 is 0 Å². The van der Waals surface area contributed by atoms with Crippen LogP contribution in [0.3, 0.4) is 0 Å². The molecule has 6 nitrogen and oxygen atoms in total. The molecule has 0 spiro atoms. The van der Waals surface area contributed by atoms with Crippen molar-refractivity contribution in [2.45, 2.75) is 20.3 Å². The lowest BCUT2D eigenvalue weighted by Crippen LogP contribution is -2.12. The molecule has 0 aliphatic heterocycles. The highest BCUT2D eigenvalue weighted by Gasteiger charge is 2.15. The average Bonchev–Trinajstić information content (AvgIpc) is 2.99. The van der Waals surface area contributed by atoms with Crippen molar-refractivity contribution in [1.82, 2.24) is 4.98 Å². The molecule has 0 aliphatic carbocycles. The topological polar surface area (TPSA) is 81.4 Å². The van der Waals surface area contributed by atoms with Crippen LogP contribution in [0.5, 0.6) is 0 Å². The standard InChI is InChI=1S/C13H14N2O4S/c1-3-18-10(16)6-9-7-20-13(14-9)15-12(17)11-8(2)4-5-19-11/h4-5,7H,3,6H2,1-2H3,(H,14,15,17). The number of nitrogens with zero attached hydrogens (tertiary/aromatic N) is 1. The van der Waals surface area contributed by atoms with Gasteiger partial charge in [-0.15, -0.1) is 11.3 Å². The monoisotopic (exact) mass is 294 g/mol. The van der Waals surface area contributed by atoms with Crippen molar-refractivity contribution in [2.75, 3.05) is 11.9 Å². The van der Waals surface area contributed by atoms with Gasteiger partial charge in [0.2, 0.25) is 0 Å². The largest absolute Gasteiger partial charge is 0.466 e. The Labute approximate surface area is 119 Å². The molecule has 2 aromatic rings. The van der Waals surface area contributed by atoms with Gasteiger partial charge in [-0.2, -0.15) is 0 Å². The van der Waals surface area contributed by atoms with Crippen molar-refractivity contribution < 1.29 is 18.7 Å². The maximum absolute atomic E-state index is 11.9. The highest BCUT2D eigenvalue weighted by atomic mass is 32.1. The van der Waals surface area contributed by atoms with E-state index in [9.17, 15) is 9.59 Å². The summed E-state index contributed by atoms with van der Waals surface area (Å²) in [6.07, 6.45) is 1.55. The lowest BCUT2D eigenvalue weighted by molar-refractivity contribution is -0.142. The smallest absolute Gasteiger partial charge is 0.311 e. The van der Waals surface area contributed by atoms with E-state index in [0.717, 1.165) is 5.56 Å². The molecule has 0 fully saturated rings. The van der Waals surface area contributed by atoms with Crippen molar-refractivity contribution in [1.29, 1.82) is 0 Å². The zero-order valence-electron chi connectivity index (χ0n) is 11.1. The van der Waals surface area contributed by atoms with E-state index in [2.05, 4.69) is 10.3 Å². The van der Waals surface area contributed by atoms with Crippen molar-refractivity contribution in [2.24, 2.45) is 0 Å². The first-order valence-electron chi connectivity index (χ1n) is 6.05. The van der Waals surface area contributed by atoms with Crippen LogP contribution >= 0.6 is 11.3 Å². The molecule has 2 aromatic heterocycles. The van der Waals surface area contributed by atoms with Crippen LogP contribution in [-0.4, -0.2) is 23.5 Å². The minimum absolute atomic E-state index is 0.0972. The summed E-state index contributed by atoms with van der Waals surface area (Å²) in [4.78, 5) is 27.4. The fraction of sp³-hybridized carbons (Fsp3) is 0.308. The van der Waals surface area contributed by atoms with Gasteiger partial charge < -0.3 is 9.15 Å². The third kappa shape index (κ3) is 3.45. The number of rotatable bonds is 5. The normalized spacial score (nSPS) is 10.3. The molecule has 2 heterocycles. The van der Waals surface area contributed by atoms with Gasteiger partial charge in [0.25, 0.3) is 5.91 Å². The van der Waals surface area contributed by atoms with Gasteiger partial charge in [-0.1, -0.05) is 0 Å². The number of amides is 1. The first-order valence-corrected chi connectivity index (χ1v) is 6.93. The molecule has 2 rings (SSSR count). The Morgan fingerprint density at radius 3 is 2.95 bits per heavy atom. The summed E-state index contributed by atoms with van der Waals surface area (Å²) in [6, 6.07) is 1.71. The highest BCUT2D eigenvalue weighted by Crippen LogP contribution is 2.18. The molecule has 0 radical (unpaired) electrons. The number of anilines is 1. The number of hydrogen-bond acceptors (Lipinski definition) is 6. The van der Waals surface area contributed by atoms with Crippen molar-refractivity contribution in [3.8, 4) is 0 Å². The number of ether oxygens (including phenoxy) is 1. The number of carbonyl (C=O) groups excluding carboxylic acids is 2. The van der Waals surface area contributed by atoms with Gasteiger partial charge in [0.1, 0.15) is 0 Å². The summed E-state index contributed by atoms with van der Waals surface area (Å²) >= 11 is 1.25. The first kappa shape index (κ1) is 14.3. The van der Waals surface area contributed by atoms with Crippen molar-refractivity contribution in [3.63, 3.8) is 0 Å². The Balaban J connectivity index is 1.98. The van der Waals surface area contributed by atoms with E-state index in [0.29, 0.717) is 17.4 Å². The van der Waals surface area contributed by atoms with Crippen LogP contribution in [0.25, 0.3) is 0 Å². The SMILES string of the molecule is CCOC(=O)Cc1csc(NC(=O)c2occc2C)n1. The molecule has 7 heteroatoms. The second kappa shape index (κ2) is 6.33. The van der Waals surface area contributed by atoms with Crippen molar-refractivity contribution >= 4 is 28.3 Å². The predicted octanol–water partition coefficient (Wildman–Crippen LogP) is 2.40. The maximum Gasteiger partial charge on any atom is 0.311 e. The summed E-state index contributed by atoms with van der Waals surface area (Å²) in [6.45, 7) is 3.87. The Kier molecular flexibility index (Phi) is 4.52. The molecule has 0 aliphatic rings. The van der Waals surface area contributed by atoms with E-state index in [1.165, 1.54) is 17.6 Å². The summed E-state index contributed by atoms with van der Waals surface area (Å²) in [5.41, 5.74) is 1.32. The van der Waals surface area contributed by atoms with E-state index in [4.69, 9.17) is 9.15 Å². The van der Waals surface area contributed by atoms with Gasteiger partial charge in [-0.05, 0) is 19.9 Å². The molecule has 1 N–H and O–H groups in total. The molecular weight excluding hydrogens is 280 g/mol. The lowest BCUT2D eigenvalue weighted by atomic mass is 10.3. The van der Waals surface area contributed by atoms with Crippen LogP contribution < -0.4 is 5.32 Å². The molecule has 20 heavy (non-hydrogen) atoms. The number of nitrogens with one attached hydrogen (secondary N) is 1. The third-order valence-corrected chi connectivity index (χ3v) is 3.28. The van der Waals surface area contributed by atoms with Gasteiger partial charge in [0, 0.05) is 10.9 Å². The molecule has 0 saturated heterocycles. The van der Waals surface area contributed by atoms with Gasteiger partial charge in [-0.3, -0.25) is 14.9 Å². The van der Waals surface area contributed by atoms with Gasteiger partial charge >= 0.3 is 5.97 Å². The fourth-order valence-electron chi connectivity index (χ4n) is 1.56. The maximum atomic E-state index is 11.9. The number of aryl methyl sites for hydroxylation is 1. The number of carbonyl (C=O) groups is 2. The number of furan rings is 1. The van der Waals surface area contributed by atoms with Crippen LogP contribution in [-0.2, 0) is 16.0 Å². The Morgan fingerprint density at radius 1 is 1.50 bits per heavy atom. The second-order valence-corrected chi connectivity index (χ2v) is 4.87. The van der Waals surface area contributed by atoms with Gasteiger partial charge in [-0.25, -0.2) is 4.98 Å². The van der Waals surface area contributed by atoms with Crippen LogP contribution in [0.15, 0.2) is 22.1 Å². The zero-order chi connectivity index (χ0) is 14.5. The van der Waals surface area contributed by atoms with E-state index in [1.807, 2.05) is 0 Å². The molecule has 0 bridgehead atoms. The molecule has 1 amide bonds. The highest BCUT2D eigenvalue weighted by molar-refractivity contribution is 7.14. The van der Waals surface area contributed by atoms with Crippen LogP contribution in [0, 0.1) is 6.92 Å². The van der Waals surface area contributed by atoms with E-state index >= 15 is 0 Å². The van der Waals surface area contributed by atoms with Crippen LogP contribution in [0.1, 0.15) is 28.7 Å². The molecular formula is C13H14N2O4S. The molecule has 0 saturated carbocycles. The Morgan fingerprint density at radius 2 is 2.30 bits per heavy atom. The number of esters is 1. The Bertz CT molecular complexity index is 617. The minimum atomic E-state index is -0.357. The summed E-state index contributed by atoms with van der Waals surface area (Å²) in [7, 11) is 0. The number of thiazole rings is 1. The molecule has 0 aromatic carbocycles. The van der Waals surface area contributed by atoms with Gasteiger partial charge in [0.15, 0.2) is 10.9 Å². The second-order valence-electron chi connectivity index (χ2n) is 4.01. The first-order chi connectivity index (χ1) is 9.60. The zero-order valence-corrected chi connectivity index (χ0v) is 12.0.